The lowest BCUT2D eigenvalue weighted by atomic mass is 10.1. The second kappa shape index (κ2) is 5.70. The van der Waals surface area contributed by atoms with Gasteiger partial charge in [-0.05, 0) is 43.3 Å². The number of benzene rings is 2. The fourth-order valence-corrected chi connectivity index (χ4v) is 2.58. The molecule has 0 spiro atoms. The number of anilines is 1. The van der Waals surface area contributed by atoms with Gasteiger partial charge in [-0.2, -0.15) is 0 Å². The molecule has 0 aliphatic carbocycles. The summed E-state index contributed by atoms with van der Waals surface area (Å²) in [5, 5.41) is 2.91. The first kappa shape index (κ1) is 14.3. The lowest BCUT2D eigenvalue weighted by Gasteiger charge is -2.06. The Bertz CT molecular complexity index is 999. The number of furan rings is 1. The van der Waals surface area contributed by atoms with Crippen molar-refractivity contribution in [2.45, 2.75) is 6.92 Å². The molecular weight excluding hydrogens is 302 g/mol. The summed E-state index contributed by atoms with van der Waals surface area (Å²) in [5.74, 6) is 1.05. The van der Waals surface area contributed by atoms with Crippen LogP contribution in [-0.4, -0.2) is 15.9 Å². The first-order chi connectivity index (χ1) is 11.7. The number of imidazole rings is 1. The summed E-state index contributed by atoms with van der Waals surface area (Å²) in [6, 6.07) is 16.8. The highest BCUT2D eigenvalue weighted by molar-refractivity contribution is 6.11. The van der Waals surface area contributed by atoms with Gasteiger partial charge >= 0.3 is 0 Å². The van der Waals surface area contributed by atoms with Crippen molar-refractivity contribution >= 4 is 22.6 Å². The van der Waals surface area contributed by atoms with Crippen LogP contribution in [0.3, 0.4) is 0 Å². The van der Waals surface area contributed by atoms with Crippen LogP contribution < -0.4 is 5.32 Å². The fraction of sp³-hybridized carbons (Fsp3) is 0.0526. The summed E-state index contributed by atoms with van der Waals surface area (Å²) in [6.07, 6.45) is 1.59. The SMILES string of the molecule is Cc1ccc(NC(=O)c2cccc3[nH]c(-c4ccco4)nc23)cc1. The van der Waals surface area contributed by atoms with Gasteiger partial charge in [-0.15, -0.1) is 0 Å². The second-order valence-electron chi connectivity index (χ2n) is 5.58. The molecule has 2 aromatic heterocycles. The van der Waals surface area contributed by atoms with Crippen LogP contribution >= 0.6 is 0 Å². The highest BCUT2D eigenvalue weighted by atomic mass is 16.3. The number of carbonyl (C=O) groups is 1. The molecule has 0 saturated carbocycles. The Hall–Kier alpha value is -3.34. The minimum atomic E-state index is -0.193. The average molecular weight is 317 g/mol. The molecule has 0 saturated heterocycles. The number of amides is 1. The summed E-state index contributed by atoms with van der Waals surface area (Å²) in [6.45, 7) is 2.01. The summed E-state index contributed by atoms with van der Waals surface area (Å²) in [5.41, 5.74) is 3.82. The number of para-hydroxylation sites is 1. The first-order valence-corrected chi connectivity index (χ1v) is 7.61. The number of hydrogen-bond acceptors (Lipinski definition) is 3. The number of H-pyrrole nitrogens is 1. The van der Waals surface area contributed by atoms with E-state index in [9.17, 15) is 4.79 Å². The van der Waals surface area contributed by atoms with E-state index in [-0.39, 0.29) is 5.91 Å². The number of hydrogen-bond donors (Lipinski definition) is 2. The molecule has 0 bridgehead atoms. The van der Waals surface area contributed by atoms with Gasteiger partial charge in [0.05, 0.1) is 17.3 Å². The maximum atomic E-state index is 12.6. The number of aromatic nitrogens is 2. The Morgan fingerprint density at radius 1 is 1.08 bits per heavy atom. The van der Waals surface area contributed by atoms with Crippen LogP contribution in [0.25, 0.3) is 22.6 Å². The molecule has 2 N–H and O–H groups in total. The number of fused-ring (bicyclic) bond motifs is 1. The van der Waals surface area contributed by atoms with Crippen molar-refractivity contribution in [2.75, 3.05) is 5.32 Å². The monoisotopic (exact) mass is 317 g/mol. The van der Waals surface area contributed by atoms with Crippen molar-refractivity contribution in [2.24, 2.45) is 0 Å². The number of rotatable bonds is 3. The van der Waals surface area contributed by atoms with Gasteiger partial charge < -0.3 is 14.7 Å². The smallest absolute Gasteiger partial charge is 0.257 e. The Balaban J connectivity index is 1.70. The molecule has 2 aromatic carbocycles. The standard InChI is InChI=1S/C19H15N3O2/c1-12-7-9-13(10-8-12)20-19(23)14-4-2-5-15-17(14)22-18(21-15)16-6-3-11-24-16/h2-11H,1H3,(H,20,23)(H,21,22). The normalized spacial score (nSPS) is 10.9. The largest absolute Gasteiger partial charge is 0.461 e. The van der Waals surface area contributed by atoms with Gasteiger partial charge in [-0.3, -0.25) is 4.79 Å². The molecule has 4 rings (SSSR count). The second-order valence-corrected chi connectivity index (χ2v) is 5.58. The Morgan fingerprint density at radius 2 is 1.92 bits per heavy atom. The molecule has 5 nitrogen and oxygen atoms in total. The summed E-state index contributed by atoms with van der Waals surface area (Å²) >= 11 is 0. The third kappa shape index (κ3) is 2.56. The van der Waals surface area contributed by atoms with E-state index in [1.165, 1.54) is 0 Å². The maximum absolute atomic E-state index is 12.6. The number of carbonyl (C=O) groups excluding carboxylic acids is 1. The number of aryl methyl sites for hydroxylation is 1. The molecule has 0 aliphatic heterocycles. The van der Waals surface area contributed by atoms with E-state index in [2.05, 4.69) is 15.3 Å². The van der Waals surface area contributed by atoms with E-state index >= 15 is 0 Å². The van der Waals surface area contributed by atoms with Crippen molar-refractivity contribution in [3.05, 3.63) is 72.0 Å². The predicted molar refractivity (Wildman–Crippen MR) is 92.9 cm³/mol. The Kier molecular flexibility index (Phi) is 3.39. The van der Waals surface area contributed by atoms with E-state index in [1.807, 2.05) is 49.4 Å². The van der Waals surface area contributed by atoms with Crippen LogP contribution in [0.2, 0.25) is 0 Å². The highest BCUT2D eigenvalue weighted by Crippen LogP contribution is 2.24. The van der Waals surface area contributed by atoms with Gasteiger partial charge in [0.2, 0.25) is 0 Å². The summed E-state index contributed by atoms with van der Waals surface area (Å²) in [7, 11) is 0. The topological polar surface area (TPSA) is 70.9 Å². The van der Waals surface area contributed by atoms with Crippen LogP contribution in [-0.2, 0) is 0 Å². The molecule has 0 radical (unpaired) electrons. The van der Waals surface area contributed by atoms with Crippen LogP contribution in [0.15, 0.2) is 65.3 Å². The van der Waals surface area contributed by atoms with Crippen molar-refractivity contribution in [3.63, 3.8) is 0 Å². The molecule has 0 fully saturated rings. The van der Waals surface area contributed by atoms with E-state index in [0.29, 0.717) is 22.7 Å². The van der Waals surface area contributed by atoms with Gasteiger partial charge in [0.1, 0.15) is 5.52 Å². The van der Waals surface area contributed by atoms with E-state index in [1.54, 1.807) is 18.4 Å². The molecule has 0 unspecified atom stereocenters. The first-order valence-electron chi connectivity index (χ1n) is 7.61. The molecule has 4 aromatic rings. The zero-order chi connectivity index (χ0) is 16.5. The summed E-state index contributed by atoms with van der Waals surface area (Å²) < 4.78 is 5.36. The minimum Gasteiger partial charge on any atom is -0.461 e. The van der Waals surface area contributed by atoms with Crippen molar-refractivity contribution in [3.8, 4) is 11.6 Å². The van der Waals surface area contributed by atoms with E-state index in [4.69, 9.17) is 4.42 Å². The Labute approximate surface area is 138 Å². The van der Waals surface area contributed by atoms with Gasteiger partial charge in [-0.1, -0.05) is 23.8 Å². The number of nitrogens with zero attached hydrogens (tertiary/aromatic N) is 1. The third-order valence-electron chi connectivity index (χ3n) is 3.82. The molecular formula is C19H15N3O2. The molecule has 24 heavy (non-hydrogen) atoms. The van der Waals surface area contributed by atoms with Gasteiger partial charge in [0.25, 0.3) is 5.91 Å². The molecule has 5 heteroatoms. The van der Waals surface area contributed by atoms with E-state index in [0.717, 1.165) is 16.8 Å². The summed E-state index contributed by atoms with van der Waals surface area (Å²) in [4.78, 5) is 20.3. The van der Waals surface area contributed by atoms with Crippen LogP contribution in [0.1, 0.15) is 15.9 Å². The van der Waals surface area contributed by atoms with Gasteiger partial charge in [0.15, 0.2) is 11.6 Å². The third-order valence-corrected chi connectivity index (χ3v) is 3.82. The van der Waals surface area contributed by atoms with Crippen molar-refractivity contribution in [1.29, 1.82) is 0 Å². The highest BCUT2D eigenvalue weighted by Gasteiger charge is 2.15. The molecule has 0 atom stereocenters. The van der Waals surface area contributed by atoms with Crippen LogP contribution in [0.5, 0.6) is 0 Å². The predicted octanol–water partition coefficient (Wildman–Crippen LogP) is 4.38. The van der Waals surface area contributed by atoms with Crippen LogP contribution in [0.4, 0.5) is 5.69 Å². The Morgan fingerprint density at radius 3 is 2.67 bits per heavy atom. The lowest BCUT2D eigenvalue weighted by molar-refractivity contribution is 0.102. The molecule has 118 valence electrons. The average Bonchev–Trinajstić information content (AvgIpc) is 3.25. The fourth-order valence-electron chi connectivity index (χ4n) is 2.58. The molecule has 1 amide bonds. The number of aromatic amines is 1. The van der Waals surface area contributed by atoms with Gasteiger partial charge in [-0.25, -0.2) is 4.98 Å². The van der Waals surface area contributed by atoms with Crippen LogP contribution in [0, 0.1) is 6.92 Å². The quantitative estimate of drug-likeness (QED) is 0.589. The van der Waals surface area contributed by atoms with E-state index < -0.39 is 0 Å². The van der Waals surface area contributed by atoms with Crippen molar-refractivity contribution in [1.82, 2.24) is 9.97 Å². The molecule has 0 aliphatic rings. The number of nitrogens with one attached hydrogen (secondary N) is 2. The lowest BCUT2D eigenvalue weighted by Crippen LogP contribution is -2.12. The zero-order valence-electron chi connectivity index (χ0n) is 13.0. The zero-order valence-corrected chi connectivity index (χ0v) is 13.0. The maximum Gasteiger partial charge on any atom is 0.257 e. The molecule has 2 heterocycles. The minimum absolute atomic E-state index is 0.193. The van der Waals surface area contributed by atoms with Crippen molar-refractivity contribution < 1.29 is 9.21 Å². The van der Waals surface area contributed by atoms with Gasteiger partial charge in [0, 0.05) is 5.69 Å².